The third-order valence-corrected chi connectivity index (χ3v) is 6.71. The van der Waals surface area contributed by atoms with Crippen LogP contribution in [-0.2, 0) is 18.9 Å². The number of alkyl halides is 6. The number of amidine groups is 1. The number of hydrogen-bond donors (Lipinski definition) is 2. The summed E-state index contributed by atoms with van der Waals surface area (Å²) in [6.45, 7) is 0.849. The van der Waals surface area contributed by atoms with Crippen LogP contribution in [0.4, 0.5) is 26.3 Å². The first kappa shape index (κ1) is 25.3. The Kier molecular flexibility index (Phi) is 7.04. The molecule has 2 aliphatic rings. The van der Waals surface area contributed by atoms with Crippen LogP contribution in [-0.4, -0.2) is 24.3 Å². The zero-order chi connectivity index (χ0) is 25.4. The molecule has 0 aromatic heterocycles. The van der Waals surface area contributed by atoms with E-state index in [2.05, 4.69) is 15.6 Å². The van der Waals surface area contributed by atoms with Crippen molar-refractivity contribution in [2.75, 3.05) is 6.54 Å². The van der Waals surface area contributed by atoms with Crippen LogP contribution in [0.2, 0.25) is 5.02 Å². The van der Waals surface area contributed by atoms with Crippen molar-refractivity contribution in [2.24, 2.45) is 10.9 Å². The van der Waals surface area contributed by atoms with Gasteiger partial charge in [-0.05, 0) is 67.5 Å². The van der Waals surface area contributed by atoms with Crippen molar-refractivity contribution in [3.05, 3.63) is 69.2 Å². The predicted molar refractivity (Wildman–Crippen MR) is 119 cm³/mol. The average molecular weight is 518 g/mol. The van der Waals surface area contributed by atoms with Crippen LogP contribution in [0.25, 0.3) is 0 Å². The van der Waals surface area contributed by atoms with Crippen molar-refractivity contribution in [2.45, 2.75) is 50.6 Å². The van der Waals surface area contributed by atoms with E-state index in [1.807, 2.05) is 0 Å². The van der Waals surface area contributed by atoms with Gasteiger partial charge in [-0.15, -0.1) is 0 Å². The lowest BCUT2D eigenvalue weighted by Gasteiger charge is -2.29. The minimum atomic E-state index is -4.58. The molecule has 1 aliphatic carbocycles. The maximum atomic E-state index is 13.0. The Bertz CT molecular complexity index is 1140. The third-order valence-electron chi connectivity index (χ3n) is 6.38. The van der Waals surface area contributed by atoms with E-state index in [9.17, 15) is 31.1 Å². The number of carbonyl (C=O) groups excluding carboxylic acids is 1. The molecule has 188 valence electrons. The number of benzene rings is 2. The van der Waals surface area contributed by atoms with Gasteiger partial charge in [0.15, 0.2) is 0 Å². The highest BCUT2D eigenvalue weighted by molar-refractivity contribution is 6.33. The van der Waals surface area contributed by atoms with Crippen molar-refractivity contribution in [3.8, 4) is 0 Å². The van der Waals surface area contributed by atoms with Crippen molar-refractivity contribution >= 4 is 23.3 Å². The summed E-state index contributed by atoms with van der Waals surface area (Å²) in [5, 5.41) is 5.88. The molecule has 1 heterocycles. The van der Waals surface area contributed by atoms with Gasteiger partial charge >= 0.3 is 12.4 Å². The number of aliphatic imine (C=N–C) groups is 1. The molecule has 0 spiro atoms. The first-order chi connectivity index (χ1) is 16.4. The third kappa shape index (κ3) is 5.91. The van der Waals surface area contributed by atoms with Crippen molar-refractivity contribution in [1.29, 1.82) is 0 Å². The molecule has 2 aromatic rings. The molecule has 0 radical (unpaired) electrons. The van der Waals surface area contributed by atoms with E-state index in [0.717, 1.165) is 48.7 Å². The number of amides is 1. The predicted octanol–water partition coefficient (Wildman–Crippen LogP) is 6.22. The molecule has 1 fully saturated rings. The van der Waals surface area contributed by atoms with E-state index in [1.165, 1.54) is 6.07 Å². The van der Waals surface area contributed by atoms with E-state index >= 15 is 0 Å². The van der Waals surface area contributed by atoms with Gasteiger partial charge in [0, 0.05) is 18.2 Å². The summed E-state index contributed by atoms with van der Waals surface area (Å²) in [5.41, 5.74) is -0.689. The lowest BCUT2D eigenvalue weighted by atomic mass is 9.85. The highest BCUT2D eigenvalue weighted by Gasteiger charge is 2.33. The van der Waals surface area contributed by atoms with Gasteiger partial charge < -0.3 is 10.6 Å². The topological polar surface area (TPSA) is 53.5 Å². The highest BCUT2D eigenvalue weighted by atomic mass is 35.5. The first-order valence-electron chi connectivity index (χ1n) is 11.1. The number of hydrogen-bond acceptors (Lipinski definition) is 3. The first-order valence-corrected chi connectivity index (χ1v) is 11.5. The van der Waals surface area contributed by atoms with E-state index in [-0.39, 0.29) is 22.5 Å². The number of rotatable bonds is 4. The lowest BCUT2D eigenvalue weighted by molar-refractivity contribution is -0.138. The van der Waals surface area contributed by atoms with Gasteiger partial charge in [0.25, 0.3) is 5.91 Å². The Hall–Kier alpha value is -2.75. The summed E-state index contributed by atoms with van der Waals surface area (Å²) in [6.07, 6.45) is -6.30. The van der Waals surface area contributed by atoms with Gasteiger partial charge in [-0.2, -0.15) is 26.3 Å². The summed E-state index contributed by atoms with van der Waals surface area (Å²) in [5.74, 6) is 0.0126. The second-order valence-electron chi connectivity index (χ2n) is 8.80. The molecule has 0 saturated heterocycles. The summed E-state index contributed by atoms with van der Waals surface area (Å²) in [7, 11) is 0. The molecule has 11 heteroatoms. The van der Waals surface area contributed by atoms with Crippen LogP contribution < -0.4 is 10.6 Å². The molecule has 2 N–H and O–H groups in total. The number of nitrogens with one attached hydrogen (secondary N) is 2. The Morgan fingerprint density at radius 1 is 0.943 bits per heavy atom. The minimum absolute atomic E-state index is 0.0558. The lowest BCUT2D eigenvalue weighted by Crippen LogP contribution is -2.40. The molecule has 4 rings (SSSR count). The van der Waals surface area contributed by atoms with Crippen molar-refractivity contribution in [1.82, 2.24) is 10.6 Å². The molecule has 0 bridgehead atoms. The Labute approximate surface area is 202 Å². The maximum Gasteiger partial charge on any atom is 0.416 e. The standard InChI is InChI=1S/C24H22ClF6N3O/c25-20-8-5-16(24(29,30)31)10-19(20)22(35)34-17-6-1-13(2-7-17)11-32-21-18-9-15(23(26,27)28)4-3-14(18)12-33-21/h3-5,8-10,13,17H,1-2,6-7,11-12H2,(H,32,33)(H,34,35). The van der Waals surface area contributed by atoms with Crippen LogP contribution in [0.15, 0.2) is 41.4 Å². The summed E-state index contributed by atoms with van der Waals surface area (Å²) < 4.78 is 78.0. The quantitative estimate of drug-likeness (QED) is 0.473. The fourth-order valence-corrected chi connectivity index (χ4v) is 4.61. The molecular formula is C24H22ClF6N3O. The minimum Gasteiger partial charge on any atom is -0.370 e. The van der Waals surface area contributed by atoms with Crippen LogP contribution in [0.1, 0.15) is 58.3 Å². The molecule has 4 nitrogen and oxygen atoms in total. The van der Waals surface area contributed by atoms with E-state index in [0.29, 0.717) is 37.3 Å². The second-order valence-corrected chi connectivity index (χ2v) is 9.21. The number of fused-ring (bicyclic) bond motifs is 1. The largest absolute Gasteiger partial charge is 0.416 e. The summed E-state index contributed by atoms with van der Waals surface area (Å²) >= 11 is 5.95. The molecule has 1 saturated carbocycles. The van der Waals surface area contributed by atoms with E-state index in [4.69, 9.17) is 11.6 Å². The van der Waals surface area contributed by atoms with Gasteiger partial charge in [-0.3, -0.25) is 9.79 Å². The molecule has 2 aromatic carbocycles. The monoisotopic (exact) mass is 517 g/mol. The van der Waals surface area contributed by atoms with Crippen molar-refractivity contribution in [3.63, 3.8) is 0 Å². The van der Waals surface area contributed by atoms with Crippen LogP contribution in [0.3, 0.4) is 0 Å². The van der Waals surface area contributed by atoms with E-state index < -0.39 is 29.4 Å². The molecular weight excluding hydrogens is 496 g/mol. The fraction of sp³-hybridized carbons (Fsp3) is 0.417. The summed E-state index contributed by atoms with van der Waals surface area (Å²) in [4.78, 5) is 16.9. The fourth-order valence-electron chi connectivity index (χ4n) is 4.40. The normalized spacial score (nSPS) is 20.3. The van der Waals surface area contributed by atoms with Gasteiger partial charge in [0.2, 0.25) is 0 Å². The second kappa shape index (κ2) is 9.72. The smallest absolute Gasteiger partial charge is 0.370 e. The molecule has 1 aliphatic heterocycles. The van der Waals surface area contributed by atoms with Gasteiger partial charge in [0.05, 0.1) is 28.3 Å². The molecule has 1 amide bonds. The summed E-state index contributed by atoms with van der Waals surface area (Å²) in [6, 6.07) is 6.04. The number of carbonyl (C=O) groups is 1. The van der Waals surface area contributed by atoms with Crippen molar-refractivity contribution < 1.29 is 31.1 Å². The zero-order valence-electron chi connectivity index (χ0n) is 18.4. The Morgan fingerprint density at radius 3 is 2.23 bits per heavy atom. The van der Waals surface area contributed by atoms with Gasteiger partial charge in [-0.25, -0.2) is 0 Å². The SMILES string of the molecule is O=C(NC1CCC(CNC2=NCc3ccc(C(F)(F)F)cc32)CC1)c1cc(C(F)(F)F)ccc1Cl. The molecule has 35 heavy (non-hydrogen) atoms. The van der Waals surface area contributed by atoms with Crippen LogP contribution in [0, 0.1) is 5.92 Å². The number of nitrogens with zero attached hydrogens (tertiary/aromatic N) is 1. The zero-order valence-corrected chi connectivity index (χ0v) is 19.1. The van der Waals surface area contributed by atoms with Crippen LogP contribution >= 0.6 is 11.6 Å². The maximum absolute atomic E-state index is 13.0. The molecule has 0 atom stereocenters. The van der Waals surface area contributed by atoms with Crippen LogP contribution in [0.5, 0.6) is 0 Å². The Morgan fingerprint density at radius 2 is 1.57 bits per heavy atom. The average Bonchev–Trinajstić information content (AvgIpc) is 3.20. The number of halogens is 7. The highest BCUT2D eigenvalue weighted by Crippen LogP contribution is 2.33. The van der Waals surface area contributed by atoms with Gasteiger partial charge in [-0.1, -0.05) is 17.7 Å². The Balaban J connectivity index is 1.29. The molecule has 0 unspecified atom stereocenters. The van der Waals surface area contributed by atoms with Gasteiger partial charge in [0.1, 0.15) is 5.84 Å². The van der Waals surface area contributed by atoms with E-state index in [1.54, 1.807) is 0 Å².